The van der Waals surface area contributed by atoms with Gasteiger partial charge in [0.2, 0.25) is 0 Å². The van der Waals surface area contributed by atoms with Crippen LogP contribution in [0.25, 0.3) is 0 Å². The van der Waals surface area contributed by atoms with Crippen molar-refractivity contribution >= 4 is 17.5 Å². The molecule has 0 heterocycles. The number of halogens is 3. The number of benzene rings is 1. The molecule has 2 atom stereocenters. The lowest BCUT2D eigenvalue weighted by molar-refractivity contribution is 0.0868. The van der Waals surface area contributed by atoms with E-state index in [0.29, 0.717) is 0 Å². The van der Waals surface area contributed by atoms with Crippen molar-refractivity contribution in [2.75, 3.05) is 6.61 Å². The molecule has 2 rings (SSSR count). The lowest BCUT2D eigenvalue weighted by atomic mass is 9.85. The van der Waals surface area contributed by atoms with E-state index in [9.17, 15) is 18.7 Å². The van der Waals surface area contributed by atoms with E-state index in [4.69, 9.17) is 11.6 Å². The Morgan fingerprint density at radius 3 is 2.70 bits per heavy atom. The lowest BCUT2D eigenvalue weighted by Crippen LogP contribution is -2.43. The summed E-state index contributed by atoms with van der Waals surface area (Å²) >= 11 is 5.45. The van der Waals surface area contributed by atoms with Gasteiger partial charge in [0.05, 0.1) is 10.6 Å². The molecule has 1 saturated carbocycles. The summed E-state index contributed by atoms with van der Waals surface area (Å²) in [6, 6.07) is 1.37. The highest BCUT2D eigenvalue weighted by atomic mass is 35.5. The first-order chi connectivity index (χ1) is 9.52. The van der Waals surface area contributed by atoms with Crippen LogP contribution in [0.3, 0.4) is 0 Å². The zero-order valence-corrected chi connectivity index (χ0v) is 11.6. The van der Waals surface area contributed by atoms with Crippen molar-refractivity contribution in [3.05, 3.63) is 34.4 Å². The second-order valence-electron chi connectivity index (χ2n) is 5.05. The van der Waals surface area contributed by atoms with E-state index in [2.05, 4.69) is 5.32 Å². The Labute approximate surface area is 120 Å². The molecule has 0 aromatic heterocycles. The number of aliphatic hydroxyl groups excluding tert-OH is 1. The van der Waals surface area contributed by atoms with E-state index < -0.39 is 17.5 Å². The topological polar surface area (TPSA) is 49.3 Å². The van der Waals surface area contributed by atoms with E-state index >= 15 is 0 Å². The van der Waals surface area contributed by atoms with Crippen molar-refractivity contribution in [1.82, 2.24) is 5.32 Å². The number of carbonyl (C=O) groups is 1. The van der Waals surface area contributed by atoms with E-state index in [1.807, 2.05) is 0 Å². The zero-order valence-electron chi connectivity index (χ0n) is 10.8. The minimum Gasteiger partial charge on any atom is -0.396 e. The summed E-state index contributed by atoms with van der Waals surface area (Å²) in [7, 11) is 0. The molecule has 1 aliphatic rings. The van der Waals surface area contributed by atoms with Crippen LogP contribution in [0, 0.1) is 17.6 Å². The van der Waals surface area contributed by atoms with E-state index in [-0.39, 0.29) is 29.2 Å². The maximum Gasteiger partial charge on any atom is 0.254 e. The molecule has 2 N–H and O–H groups in total. The quantitative estimate of drug-likeness (QED) is 0.844. The number of carbonyl (C=O) groups excluding carboxylic acids is 1. The highest BCUT2D eigenvalue weighted by Crippen LogP contribution is 2.25. The monoisotopic (exact) mass is 303 g/mol. The number of hydrogen-bond acceptors (Lipinski definition) is 2. The van der Waals surface area contributed by atoms with Crippen LogP contribution >= 0.6 is 11.6 Å². The molecule has 1 amide bonds. The highest BCUT2D eigenvalue weighted by Gasteiger charge is 2.27. The molecule has 0 spiro atoms. The molecule has 0 radical (unpaired) electrons. The zero-order chi connectivity index (χ0) is 14.7. The molecule has 3 nitrogen and oxygen atoms in total. The van der Waals surface area contributed by atoms with Crippen LogP contribution in [0.1, 0.15) is 36.0 Å². The van der Waals surface area contributed by atoms with Gasteiger partial charge in [0.25, 0.3) is 5.91 Å². The van der Waals surface area contributed by atoms with Gasteiger partial charge in [0, 0.05) is 18.6 Å². The predicted octanol–water partition coefficient (Wildman–Crippen LogP) is 2.90. The average Bonchev–Trinajstić information content (AvgIpc) is 2.43. The molecule has 2 unspecified atom stereocenters. The summed E-state index contributed by atoms with van der Waals surface area (Å²) in [5.74, 6) is -2.40. The second kappa shape index (κ2) is 6.50. The molecule has 1 fully saturated rings. The highest BCUT2D eigenvalue weighted by molar-refractivity contribution is 6.30. The van der Waals surface area contributed by atoms with Gasteiger partial charge in [-0.05, 0) is 25.0 Å². The third-order valence-corrected chi connectivity index (χ3v) is 4.00. The van der Waals surface area contributed by atoms with E-state index in [0.717, 1.165) is 37.8 Å². The Morgan fingerprint density at radius 2 is 2.00 bits per heavy atom. The fourth-order valence-corrected chi connectivity index (χ4v) is 2.71. The average molecular weight is 304 g/mol. The van der Waals surface area contributed by atoms with Crippen LogP contribution < -0.4 is 5.32 Å². The van der Waals surface area contributed by atoms with Crippen molar-refractivity contribution in [3.8, 4) is 0 Å². The predicted molar refractivity (Wildman–Crippen MR) is 71.7 cm³/mol. The molecule has 110 valence electrons. The Hall–Kier alpha value is -1.20. The summed E-state index contributed by atoms with van der Waals surface area (Å²) in [6.07, 6.45) is 3.49. The first-order valence-electron chi connectivity index (χ1n) is 6.59. The maximum absolute atomic E-state index is 13.7. The van der Waals surface area contributed by atoms with Crippen molar-refractivity contribution in [2.24, 2.45) is 5.92 Å². The summed E-state index contributed by atoms with van der Waals surface area (Å²) in [5.41, 5.74) is -0.367. The van der Waals surface area contributed by atoms with Crippen molar-refractivity contribution in [2.45, 2.75) is 31.7 Å². The van der Waals surface area contributed by atoms with Crippen molar-refractivity contribution < 1.29 is 18.7 Å². The van der Waals surface area contributed by atoms with Gasteiger partial charge in [0.1, 0.15) is 11.6 Å². The van der Waals surface area contributed by atoms with Crippen molar-refractivity contribution in [1.29, 1.82) is 0 Å². The summed E-state index contributed by atoms with van der Waals surface area (Å²) in [4.78, 5) is 12.0. The first-order valence-corrected chi connectivity index (χ1v) is 6.97. The lowest BCUT2D eigenvalue weighted by Gasteiger charge is -2.30. The molecule has 1 aromatic rings. The Balaban J connectivity index is 2.13. The van der Waals surface area contributed by atoms with Gasteiger partial charge in [-0.1, -0.05) is 24.4 Å². The maximum atomic E-state index is 13.7. The van der Waals surface area contributed by atoms with Gasteiger partial charge >= 0.3 is 0 Å². The number of aliphatic hydroxyl groups is 1. The number of hydrogen-bond donors (Lipinski definition) is 2. The number of nitrogens with one attached hydrogen (secondary N) is 1. The van der Waals surface area contributed by atoms with Crippen LogP contribution in [-0.2, 0) is 0 Å². The fourth-order valence-electron chi connectivity index (χ4n) is 2.56. The molecule has 0 saturated heterocycles. The van der Waals surface area contributed by atoms with Gasteiger partial charge in [-0.25, -0.2) is 8.78 Å². The molecular formula is C14H16ClF2NO2. The second-order valence-corrected chi connectivity index (χ2v) is 5.46. The molecule has 1 aromatic carbocycles. The summed E-state index contributed by atoms with van der Waals surface area (Å²) in [5, 5.41) is 11.6. The third-order valence-electron chi connectivity index (χ3n) is 3.71. The van der Waals surface area contributed by atoms with Gasteiger partial charge in [-0.3, -0.25) is 4.79 Å². The van der Waals surface area contributed by atoms with E-state index in [1.54, 1.807) is 0 Å². The van der Waals surface area contributed by atoms with Gasteiger partial charge < -0.3 is 10.4 Å². The molecule has 6 heteroatoms. The minimum atomic E-state index is -0.856. The van der Waals surface area contributed by atoms with Crippen LogP contribution in [0.2, 0.25) is 5.02 Å². The number of rotatable bonds is 3. The van der Waals surface area contributed by atoms with Gasteiger partial charge in [-0.15, -0.1) is 0 Å². The minimum absolute atomic E-state index is 0.0254. The molecule has 20 heavy (non-hydrogen) atoms. The third kappa shape index (κ3) is 3.27. The normalized spacial score (nSPS) is 22.6. The number of amides is 1. The largest absolute Gasteiger partial charge is 0.396 e. The van der Waals surface area contributed by atoms with Crippen LogP contribution in [0.15, 0.2) is 12.1 Å². The Bertz CT molecular complexity index is 510. The van der Waals surface area contributed by atoms with Gasteiger partial charge in [0.15, 0.2) is 0 Å². The van der Waals surface area contributed by atoms with Crippen LogP contribution in [0.5, 0.6) is 0 Å². The van der Waals surface area contributed by atoms with Crippen LogP contribution in [0.4, 0.5) is 8.78 Å². The fraction of sp³-hybridized carbons (Fsp3) is 0.500. The molecule has 0 aliphatic heterocycles. The molecular weight excluding hydrogens is 288 g/mol. The van der Waals surface area contributed by atoms with Gasteiger partial charge in [-0.2, -0.15) is 0 Å². The van der Waals surface area contributed by atoms with Crippen molar-refractivity contribution in [3.63, 3.8) is 0 Å². The first kappa shape index (κ1) is 15.2. The van der Waals surface area contributed by atoms with E-state index in [1.165, 1.54) is 0 Å². The molecule has 1 aliphatic carbocycles. The standard InChI is InChI=1S/C14H16ClF2NO2/c15-10-6-11(16)9(5-12(10)17)14(20)18-13-4-2-1-3-8(13)7-19/h5-6,8,13,19H,1-4,7H2,(H,18,20). The Kier molecular flexibility index (Phi) is 4.94. The summed E-state index contributed by atoms with van der Waals surface area (Å²) < 4.78 is 27.0. The smallest absolute Gasteiger partial charge is 0.254 e. The summed E-state index contributed by atoms with van der Waals surface area (Å²) in [6.45, 7) is -0.0254. The Morgan fingerprint density at radius 1 is 1.30 bits per heavy atom. The van der Waals surface area contributed by atoms with Crippen LogP contribution in [-0.4, -0.2) is 23.7 Å². The SMILES string of the molecule is O=C(NC1CCCCC1CO)c1cc(F)c(Cl)cc1F. The molecule has 0 bridgehead atoms.